The molecule has 1 N–H and O–H groups in total. The van der Waals surface area contributed by atoms with E-state index in [1.54, 1.807) is 49.4 Å². The zero-order valence-electron chi connectivity index (χ0n) is 18.4. The first kappa shape index (κ1) is 26.4. The number of benzene rings is 1. The molecule has 0 radical (unpaired) electrons. The minimum absolute atomic E-state index is 0. The number of ketones is 1. The van der Waals surface area contributed by atoms with Crippen molar-refractivity contribution in [1.82, 2.24) is 0 Å². The first-order valence-corrected chi connectivity index (χ1v) is 10.9. The normalized spacial score (nSPS) is 12.3. The average molecular weight is 469 g/mol. The van der Waals surface area contributed by atoms with E-state index in [0.29, 0.717) is 22.5 Å². The maximum absolute atomic E-state index is 12.9. The van der Waals surface area contributed by atoms with E-state index in [2.05, 4.69) is 5.32 Å². The Balaban J connectivity index is 0.00000385. The summed E-state index contributed by atoms with van der Waals surface area (Å²) in [4.78, 5) is 26.5. The van der Waals surface area contributed by atoms with E-state index in [1.165, 1.54) is 11.3 Å². The predicted molar refractivity (Wildman–Crippen MR) is 118 cm³/mol. The van der Waals surface area contributed by atoms with Gasteiger partial charge in [0, 0.05) is 22.2 Å². The number of carbonyl (C=O) groups is 2. The van der Waals surface area contributed by atoms with Crippen LogP contribution in [0.3, 0.4) is 0 Å². The van der Waals surface area contributed by atoms with E-state index in [9.17, 15) is 14.7 Å². The molecule has 3 rings (SSSR count). The third-order valence-electron chi connectivity index (χ3n) is 4.93. The number of nitrogens with one attached hydrogen (secondary N) is 1. The second-order valence-electron chi connectivity index (χ2n) is 6.98. The molecule has 0 amide bonds. The number of aryl methyl sites for hydroxylation is 1. The van der Waals surface area contributed by atoms with Crippen LogP contribution >= 0.6 is 11.3 Å². The molecule has 7 nitrogen and oxygen atoms in total. The number of rotatable bonds is 7. The van der Waals surface area contributed by atoms with Gasteiger partial charge in [0.2, 0.25) is 0 Å². The van der Waals surface area contributed by atoms with Crippen molar-refractivity contribution in [1.29, 1.82) is 10.5 Å². The number of hydrogen-bond acceptors (Lipinski definition) is 8. The second kappa shape index (κ2) is 12.4. The molecular weight excluding hydrogens is 449 g/mol. The molecule has 1 aliphatic carbocycles. The van der Waals surface area contributed by atoms with E-state index >= 15 is 0 Å². The Morgan fingerprint density at radius 1 is 1.18 bits per heavy atom. The molecule has 1 aromatic heterocycles. The number of thiophene rings is 1. The van der Waals surface area contributed by atoms with Gasteiger partial charge in [0.25, 0.3) is 0 Å². The first-order valence-electron chi connectivity index (χ1n) is 10.1. The van der Waals surface area contributed by atoms with Crippen LogP contribution in [-0.2, 0) is 17.6 Å². The summed E-state index contributed by atoms with van der Waals surface area (Å²) in [6, 6.07) is 11.4. The SMILES string of the molecule is CCOC(=O)c1c(NC(=CC(=O)c2ccccc2)C([O-])=C(C#N)C#N)sc2c1CCCC2.[Na+]. The fraction of sp³-hybridized carbons (Fsp3) is 0.250. The summed E-state index contributed by atoms with van der Waals surface area (Å²) >= 11 is 1.32. The van der Waals surface area contributed by atoms with E-state index < -0.39 is 23.1 Å². The van der Waals surface area contributed by atoms with E-state index in [4.69, 9.17) is 15.3 Å². The first-order chi connectivity index (χ1) is 15.5. The maximum atomic E-state index is 12.9. The topological polar surface area (TPSA) is 126 Å². The number of hydrogen-bond donors (Lipinski definition) is 1. The van der Waals surface area contributed by atoms with Gasteiger partial charge in [0.1, 0.15) is 22.7 Å². The smallest absolute Gasteiger partial charge is 0.870 e. The Kier molecular flexibility index (Phi) is 9.90. The molecule has 33 heavy (non-hydrogen) atoms. The molecule has 9 heteroatoms. The molecule has 0 fully saturated rings. The molecule has 0 unspecified atom stereocenters. The Labute approximate surface area is 218 Å². The summed E-state index contributed by atoms with van der Waals surface area (Å²) in [6.07, 6.45) is 4.50. The molecule has 2 aromatic rings. The summed E-state index contributed by atoms with van der Waals surface area (Å²) in [5, 5.41) is 34.4. The van der Waals surface area contributed by atoms with Crippen LogP contribution in [0.15, 0.2) is 53.4 Å². The van der Waals surface area contributed by atoms with Crippen LogP contribution < -0.4 is 40.0 Å². The minimum Gasteiger partial charge on any atom is -0.870 e. The van der Waals surface area contributed by atoms with Gasteiger partial charge in [-0.05, 0) is 38.2 Å². The fourth-order valence-electron chi connectivity index (χ4n) is 3.43. The second-order valence-corrected chi connectivity index (χ2v) is 8.08. The van der Waals surface area contributed by atoms with Crippen molar-refractivity contribution in [3.63, 3.8) is 0 Å². The summed E-state index contributed by atoms with van der Waals surface area (Å²) in [6.45, 7) is 1.90. The van der Waals surface area contributed by atoms with Gasteiger partial charge in [-0.2, -0.15) is 10.5 Å². The number of esters is 1. The summed E-state index contributed by atoms with van der Waals surface area (Å²) in [5.41, 5.74) is 0.650. The van der Waals surface area contributed by atoms with Crippen LogP contribution in [0.5, 0.6) is 0 Å². The van der Waals surface area contributed by atoms with Gasteiger partial charge in [0.05, 0.1) is 12.2 Å². The van der Waals surface area contributed by atoms with Gasteiger partial charge >= 0.3 is 35.5 Å². The molecule has 1 aliphatic rings. The molecule has 162 valence electrons. The number of fused-ring (bicyclic) bond motifs is 1. The molecule has 1 heterocycles. The van der Waals surface area contributed by atoms with Crippen LogP contribution in [0.25, 0.3) is 0 Å². The molecule has 0 bridgehead atoms. The number of anilines is 1. The van der Waals surface area contributed by atoms with Gasteiger partial charge < -0.3 is 15.2 Å². The molecule has 0 aliphatic heterocycles. The minimum atomic E-state index is -0.916. The standard InChI is InChI=1S/C24H21N3O4S.Na/c1-2-31-24(30)21-17-10-6-7-11-20(17)32-23(21)27-18(22(29)16(13-25)14-26)12-19(28)15-8-4-3-5-9-15;/h3-5,8-9,12,27,29H,2,6-7,10-11H2,1H3;/q;+1/p-1. The van der Waals surface area contributed by atoms with Crippen LogP contribution in [-0.4, -0.2) is 18.4 Å². The van der Waals surface area contributed by atoms with Gasteiger partial charge in [-0.15, -0.1) is 11.3 Å². The van der Waals surface area contributed by atoms with Crippen molar-refractivity contribution in [3.8, 4) is 12.1 Å². The summed E-state index contributed by atoms with van der Waals surface area (Å²) in [7, 11) is 0. The molecule has 0 spiro atoms. The van der Waals surface area contributed by atoms with E-state index in [1.807, 2.05) is 0 Å². The van der Waals surface area contributed by atoms with Gasteiger partial charge in [-0.3, -0.25) is 4.79 Å². The van der Waals surface area contributed by atoms with Crippen molar-refractivity contribution >= 4 is 28.1 Å². The van der Waals surface area contributed by atoms with Crippen molar-refractivity contribution < 1.29 is 49.0 Å². The van der Waals surface area contributed by atoms with Gasteiger partial charge in [-0.25, -0.2) is 4.79 Å². The Hall–Kier alpha value is -2.88. The summed E-state index contributed by atoms with van der Waals surface area (Å²) in [5.74, 6) is -1.91. The Morgan fingerprint density at radius 2 is 1.85 bits per heavy atom. The Bertz CT molecular complexity index is 1170. The van der Waals surface area contributed by atoms with Crippen LogP contribution in [0.2, 0.25) is 0 Å². The van der Waals surface area contributed by atoms with Crippen molar-refractivity contribution in [2.75, 3.05) is 11.9 Å². The van der Waals surface area contributed by atoms with E-state index in [0.717, 1.165) is 35.8 Å². The summed E-state index contributed by atoms with van der Waals surface area (Å²) < 4.78 is 5.22. The van der Waals surface area contributed by atoms with Crippen molar-refractivity contribution in [3.05, 3.63) is 75.0 Å². The zero-order valence-corrected chi connectivity index (χ0v) is 21.3. The Morgan fingerprint density at radius 3 is 2.48 bits per heavy atom. The molecular formula is C24H20N3NaO4S. The molecule has 0 atom stereocenters. The third kappa shape index (κ3) is 6.13. The number of allylic oxidation sites excluding steroid dienone is 2. The fourth-order valence-corrected chi connectivity index (χ4v) is 4.72. The molecule has 0 saturated heterocycles. The number of ether oxygens (including phenoxy) is 1. The monoisotopic (exact) mass is 469 g/mol. The van der Waals surface area contributed by atoms with Crippen LogP contribution in [0.1, 0.15) is 50.9 Å². The largest absolute Gasteiger partial charge is 1.00 e. The van der Waals surface area contributed by atoms with Crippen LogP contribution in [0.4, 0.5) is 5.00 Å². The predicted octanol–water partition coefficient (Wildman–Crippen LogP) is 0.648. The zero-order chi connectivity index (χ0) is 23.1. The molecule has 0 saturated carbocycles. The van der Waals surface area contributed by atoms with E-state index in [-0.39, 0.29) is 41.9 Å². The number of nitrogens with zero attached hydrogens (tertiary/aromatic N) is 2. The maximum Gasteiger partial charge on any atom is 1.00 e. The van der Waals surface area contributed by atoms with Gasteiger partial charge in [0.15, 0.2) is 5.78 Å². The average Bonchev–Trinajstić information content (AvgIpc) is 3.18. The quantitative estimate of drug-likeness (QED) is 0.120. The van der Waals surface area contributed by atoms with Crippen LogP contribution in [0, 0.1) is 22.7 Å². The van der Waals surface area contributed by atoms with Gasteiger partial charge in [-0.1, -0.05) is 36.1 Å². The number of carbonyl (C=O) groups excluding carboxylic acids is 2. The van der Waals surface area contributed by atoms with Crippen molar-refractivity contribution in [2.24, 2.45) is 0 Å². The van der Waals surface area contributed by atoms with Crippen molar-refractivity contribution in [2.45, 2.75) is 32.6 Å². The molecule has 1 aromatic carbocycles. The third-order valence-corrected chi connectivity index (χ3v) is 6.14. The number of nitriles is 2.